The number of aromatic nitrogens is 4. The van der Waals surface area contributed by atoms with Gasteiger partial charge < -0.3 is 5.32 Å². The number of hydrogen-bond acceptors (Lipinski definition) is 4. The molecule has 1 N–H and O–H groups in total. The molecule has 0 aliphatic carbocycles. The van der Waals surface area contributed by atoms with Crippen LogP contribution < -0.4 is 11.0 Å². The summed E-state index contributed by atoms with van der Waals surface area (Å²) in [5.74, 6) is 2.29. The third-order valence-corrected chi connectivity index (χ3v) is 5.04. The van der Waals surface area contributed by atoms with Crippen molar-refractivity contribution in [3.8, 4) is 11.5 Å². The van der Waals surface area contributed by atoms with Gasteiger partial charge in [-0.2, -0.15) is 0 Å². The molecule has 0 amide bonds. The van der Waals surface area contributed by atoms with E-state index in [2.05, 4.69) is 57.3 Å². The zero-order valence-electron chi connectivity index (χ0n) is 16.5. The van der Waals surface area contributed by atoms with E-state index < -0.39 is 0 Å². The van der Waals surface area contributed by atoms with E-state index >= 15 is 0 Å². The lowest BCUT2D eigenvalue weighted by molar-refractivity contribution is 0.547. The van der Waals surface area contributed by atoms with Crippen LogP contribution in [0.1, 0.15) is 45.5 Å². The number of rotatable bonds is 4. The monoisotopic (exact) mass is 365 g/mol. The van der Waals surface area contributed by atoms with E-state index in [-0.39, 0.29) is 17.1 Å². The van der Waals surface area contributed by atoms with Gasteiger partial charge in [0, 0.05) is 24.5 Å². The minimum absolute atomic E-state index is 0.00257. The van der Waals surface area contributed by atoms with E-state index in [1.165, 1.54) is 5.56 Å². The lowest BCUT2D eigenvalue weighted by Crippen LogP contribution is -2.32. The fourth-order valence-corrected chi connectivity index (χ4v) is 3.69. The first-order valence-corrected chi connectivity index (χ1v) is 9.70. The highest BCUT2D eigenvalue weighted by molar-refractivity contribution is 5.70. The Labute approximate surface area is 159 Å². The Hall–Kier alpha value is -2.63. The molecule has 6 heteroatoms. The number of anilines is 1. The summed E-state index contributed by atoms with van der Waals surface area (Å²) in [6.07, 6.45) is 1.75. The van der Waals surface area contributed by atoms with Crippen molar-refractivity contribution in [1.82, 2.24) is 19.1 Å². The Kier molecular flexibility index (Phi) is 4.29. The Morgan fingerprint density at radius 2 is 1.93 bits per heavy atom. The fourth-order valence-electron chi connectivity index (χ4n) is 3.69. The number of fused-ring (bicyclic) bond motifs is 3. The average Bonchev–Trinajstić information content (AvgIpc) is 3.23. The van der Waals surface area contributed by atoms with Crippen molar-refractivity contribution in [3.63, 3.8) is 0 Å². The molecule has 0 saturated heterocycles. The smallest absolute Gasteiger partial charge is 0.331 e. The van der Waals surface area contributed by atoms with Crippen molar-refractivity contribution in [2.75, 3.05) is 5.32 Å². The van der Waals surface area contributed by atoms with Gasteiger partial charge in [-0.25, -0.2) is 14.8 Å². The minimum Gasteiger partial charge on any atom is -0.365 e. The molecular weight excluding hydrogens is 338 g/mol. The molecule has 0 aromatic heterocycles. The zero-order chi connectivity index (χ0) is 19.2. The first-order valence-electron chi connectivity index (χ1n) is 9.70. The standard InChI is InChI=1S/C21H27N5O/c1-5-11-25-18-16(23-19(24-18)21(2,3)4)17-22-15(13-26(17)20(25)27)12-14-9-7-6-8-10-14/h6-10,15,22H,5,11-13H2,1-4H3/t15-/m1/s1. The lowest BCUT2D eigenvalue weighted by Gasteiger charge is -2.13. The van der Waals surface area contributed by atoms with Crippen molar-refractivity contribution < 1.29 is 0 Å². The Morgan fingerprint density at radius 3 is 2.59 bits per heavy atom. The van der Waals surface area contributed by atoms with Crippen LogP contribution in [-0.2, 0) is 24.9 Å². The van der Waals surface area contributed by atoms with Crippen LogP contribution in [0.15, 0.2) is 35.1 Å². The average molecular weight is 365 g/mol. The molecule has 0 spiro atoms. The molecule has 0 fully saturated rings. The Balaban J connectivity index is 1.78. The SMILES string of the molecule is CCCn1c2nc(C(C)(C)C)nc-2c2n(c1=O)C[C@@H](Cc1ccccc1)N2. The van der Waals surface area contributed by atoms with Crippen molar-refractivity contribution in [2.24, 2.45) is 0 Å². The van der Waals surface area contributed by atoms with Crippen LogP contribution in [-0.4, -0.2) is 25.1 Å². The van der Waals surface area contributed by atoms with Gasteiger partial charge in [-0.3, -0.25) is 9.13 Å². The molecule has 142 valence electrons. The largest absolute Gasteiger partial charge is 0.365 e. The van der Waals surface area contributed by atoms with Crippen molar-refractivity contribution in [2.45, 2.75) is 65.1 Å². The van der Waals surface area contributed by atoms with Gasteiger partial charge in [0.1, 0.15) is 17.3 Å². The van der Waals surface area contributed by atoms with Crippen LogP contribution >= 0.6 is 0 Å². The highest BCUT2D eigenvalue weighted by Crippen LogP contribution is 2.33. The molecule has 1 atom stereocenters. The molecule has 1 aromatic rings. The van der Waals surface area contributed by atoms with Crippen LogP contribution in [0.25, 0.3) is 11.5 Å². The molecule has 0 bridgehead atoms. The maximum absolute atomic E-state index is 13.1. The first-order chi connectivity index (χ1) is 12.9. The number of hydrogen-bond donors (Lipinski definition) is 1. The molecule has 0 unspecified atom stereocenters. The van der Waals surface area contributed by atoms with Gasteiger partial charge in [0.25, 0.3) is 0 Å². The summed E-state index contributed by atoms with van der Waals surface area (Å²) in [6, 6.07) is 10.6. The highest BCUT2D eigenvalue weighted by Gasteiger charge is 2.33. The molecular formula is C21H27N5O. The molecule has 3 heterocycles. The summed E-state index contributed by atoms with van der Waals surface area (Å²) in [5.41, 5.74) is 1.91. The summed E-state index contributed by atoms with van der Waals surface area (Å²) >= 11 is 0. The molecule has 4 rings (SSSR count). The van der Waals surface area contributed by atoms with E-state index in [0.717, 1.165) is 30.2 Å². The summed E-state index contributed by atoms with van der Waals surface area (Å²) in [7, 11) is 0. The topological polar surface area (TPSA) is 64.7 Å². The minimum atomic E-state index is -0.161. The van der Waals surface area contributed by atoms with E-state index in [4.69, 9.17) is 9.97 Å². The summed E-state index contributed by atoms with van der Waals surface area (Å²) in [6.45, 7) is 9.68. The van der Waals surface area contributed by atoms with Gasteiger partial charge in [0.05, 0.1) is 0 Å². The van der Waals surface area contributed by atoms with E-state index in [0.29, 0.717) is 18.9 Å². The quantitative estimate of drug-likeness (QED) is 0.770. The molecule has 0 saturated carbocycles. The normalized spacial score (nSPS) is 16.5. The van der Waals surface area contributed by atoms with Crippen molar-refractivity contribution in [3.05, 3.63) is 52.2 Å². The van der Waals surface area contributed by atoms with E-state index in [1.807, 2.05) is 10.6 Å². The molecule has 3 aliphatic heterocycles. The predicted octanol–water partition coefficient (Wildman–Crippen LogP) is 3.29. The third kappa shape index (κ3) is 3.13. The van der Waals surface area contributed by atoms with Gasteiger partial charge >= 0.3 is 5.69 Å². The molecule has 3 aliphatic rings. The van der Waals surface area contributed by atoms with Gasteiger partial charge in [-0.15, -0.1) is 0 Å². The maximum atomic E-state index is 13.1. The van der Waals surface area contributed by atoms with Crippen molar-refractivity contribution in [1.29, 1.82) is 0 Å². The zero-order valence-corrected chi connectivity index (χ0v) is 16.5. The second-order valence-electron chi connectivity index (χ2n) is 8.39. The van der Waals surface area contributed by atoms with Gasteiger partial charge in [-0.1, -0.05) is 58.0 Å². The van der Waals surface area contributed by atoms with E-state index in [1.54, 1.807) is 4.57 Å². The van der Waals surface area contributed by atoms with Crippen LogP contribution in [0.3, 0.4) is 0 Å². The van der Waals surface area contributed by atoms with Gasteiger partial charge in [0.2, 0.25) is 0 Å². The van der Waals surface area contributed by atoms with Crippen LogP contribution in [0.2, 0.25) is 0 Å². The lowest BCUT2D eigenvalue weighted by atomic mass is 9.96. The highest BCUT2D eigenvalue weighted by atomic mass is 16.1. The second-order valence-corrected chi connectivity index (χ2v) is 8.39. The molecule has 6 nitrogen and oxygen atoms in total. The maximum Gasteiger partial charge on any atom is 0.331 e. The molecule has 27 heavy (non-hydrogen) atoms. The predicted molar refractivity (Wildman–Crippen MR) is 107 cm³/mol. The van der Waals surface area contributed by atoms with E-state index in [9.17, 15) is 4.79 Å². The van der Waals surface area contributed by atoms with Crippen molar-refractivity contribution >= 4 is 5.82 Å². The Morgan fingerprint density at radius 1 is 1.19 bits per heavy atom. The first kappa shape index (κ1) is 17.8. The summed E-state index contributed by atoms with van der Waals surface area (Å²) in [4.78, 5) is 22.7. The van der Waals surface area contributed by atoms with Gasteiger partial charge in [-0.05, 0) is 18.4 Å². The fraction of sp³-hybridized carbons (Fsp3) is 0.476. The number of nitrogens with zero attached hydrogens (tertiary/aromatic N) is 4. The molecule has 1 aromatic carbocycles. The Bertz CT molecular complexity index is 980. The van der Waals surface area contributed by atoms with Crippen LogP contribution in [0.5, 0.6) is 0 Å². The molecule has 0 radical (unpaired) electrons. The third-order valence-electron chi connectivity index (χ3n) is 5.04. The summed E-state index contributed by atoms with van der Waals surface area (Å²) in [5, 5.41) is 3.55. The second kappa shape index (κ2) is 6.51. The summed E-state index contributed by atoms with van der Waals surface area (Å²) < 4.78 is 3.63. The van der Waals surface area contributed by atoms with Crippen LogP contribution in [0, 0.1) is 0 Å². The number of nitrogens with one attached hydrogen (secondary N) is 1. The number of imidazole rings is 1. The van der Waals surface area contributed by atoms with Crippen LogP contribution in [0.4, 0.5) is 5.82 Å². The number of benzene rings is 1. The van der Waals surface area contributed by atoms with Gasteiger partial charge in [0.15, 0.2) is 5.82 Å².